The number of likely N-dealkylation sites (tertiary alicyclic amines) is 1. The molecule has 0 aromatic carbocycles. The molecule has 0 N–H and O–H groups in total. The van der Waals surface area contributed by atoms with E-state index in [1.165, 1.54) is 0 Å². The van der Waals surface area contributed by atoms with E-state index in [-0.39, 0.29) is 16.7 Å². The number of carbonyl (C=O) groups excluding carboxylic acids is 2. The summed E-state index contributed by atoms with van der Waals surface area (Å²) in [5.74, 6) is 2.00. The Kier molecular flexibility index (Phi) is 6.33. The van der Waals surface area contributed by atoms with Crippen LogP contribution in [0.15, 0.2) is 22.8 Å². The van der Waals surface area contributed by atoms with Gasteiger partial charge in [-0.15, -0.1) is 11.8 Å². The van der Waals surface area contributed by atoms with Gasteiger partial charge < -0.3 is 14.2 Å². The van der Waals surface area contributed by atoms with Crippen LogP contribution in [0.2, 0.25) is 0 Å². The maximum Gasteiger partial charge on any atom is 0.234 e. The highest BCUT2D eigenvalue weighted by Gasteiger charge is 2.48. The number of rotatable bonds is 7. The first-order valence-corrected chi connectivity index (χ1v) is 10.8. The molecule has 1 spiro atoms. The first kappa shape index (κ1) is 19.3. The van der Waals surface area contributed by atoms with Crippen LogP contribution in [0, 0.1) is 5.92 Å². The fourth-order valence-electron chi connectivity index (χ4n) is 4.07. The van der Waals surface area contributed by atoms with Gasteiger partial charge in [-0.2, -0.15) is 0 Å². The van der Waals surface area contributed by atoms with Gasteiger partial charge in [0, 0.05) is 19.0 Å². The summed E-state index contributed by atoms with van der Waals surface area (Å²) >= 11 is 1.74. The van der Waals surface area contributed by atoms with Gasteiger partial charge in [-0.3, -0.25) is 9.59 Å². The summed E-state index contributed by atoms with van der Waals surface area (Å²) in [4.78, 5) is 29.1. The van der Waals surface area contributed by atoms with Crippen LogP contribution in [0.5, 0.6) is 0 Å². The molecule has 1 unspecified atom stereocenters. The normalized spacial score (nSPS) is 20.8. The molecule has 3 heterocycles. The third kappa shape index (κ3) is 3.95. The summed E-state index contributed by atoms with van der Waals surface area (Å²) < 4.78 is 5.45. The first-order valence-electron chi connectivity index (χ1n) is 9.85. The monoisotopic (exact) mass is 378 g/mol. The van der Waals surface area contributed by atoms with Crippen molar-refractivity contribution in [3.05, 3.63) is 24.2 Å². The number of furan rings is 1. The second-order valence-corrected chi connectivity index (χ2v) is 8.70. The van der Waals surface area contributed by atoms with Gasteiger partial charge in [-0.25, -0.2) is 0 Å². The summed E-state index contributed by atoms with van der Waals surface area (Å²) in [7, 11) is 0. The maximum absolute atomic E-state index is 12.9. The van der Waals surface area contributed by atoms with Crippen molar-refractivity contribution in [2.24, 2.45) is 5.92 Å². The van der Waals surface area contributed by atoms with Crippen molar-refractivity contribution < 1.29 is 14.0 Å². The molecule has 1 atom stereocenters. The Bertz CT molecular complexity index is 609. The van der Waals surface area contributed by atoms with Crippen LogP contribution in [0.1, 0.15) is 58.1 Å². The third-order valence-corrected chi connectivity index (χ3v) is 7.31. The fourth-order valence-corrected chi connectivity index (χ4v) is 5.41. The lowest BCUT2D eigenvalue weighted by Gasteiger charge is -2.44. The van der Waals surface area contributed by atoms with E-state index in [2.05, 4.69) is 13.8 Å². The van der Waals surface area contributed by atoms with E-state index >= 15 is 0 Å². The molecule has 5 nitrogen and oxygen atoms in total. The minimum atomic E-state index is -0.175. The van der Waals surface area contributed by atoms with Crippen LogP contribution in [0.3, 0.4) is 0 Å². The van der Waals surface area contributed by atoms with Crippen molar-refractivity contribution >= 4 is 23.6 Å². The van der Waals surface area contributed by atoms with Gasteiger partial charge in [-0.1, -0.05) is 26.7 Å². The fraction of sp³-hybridized carbons (Fsp3) is 0.700. The third-order valence-electron chi connectivity index (χ3n) is 5.76. The lowest BCUT2D eigenvalue weighted by Crippen LogP contribution is -2.53. The molecule has 3 rings (SSSR count). The summed E-state index contributed by atoms with van der Waals surface area (Å²) in [6.45, 7) is 6.30. The molecule has 0 aliphatic carbocycles. The lowest BCUT2D eigenvalue weighted by molar-refractivity contribution is -0.139. The molecule has 1 aromatic rings. The van der Waals surface area contributed by atoms with Crippen LogP contribution in [-0.4, -0.2) is 45.3 Å². The molecular formula is C20H30N2O3S. The summed E-state index contributed by atoms with van der Waals surface area (Å²) in [5.41, 5.74) is 0. The van der Waals surface area contributed by atoms with E-state index in [4.69, 9.17) is 4.42 Å². The van der Waals surface area contributed by atoms with E-state index in [0.29, 0.717) is 18.2 Å². The quantitative estimate of drug-likeness (QED) is 0.722. The number of amides is 2. The Morgan fingerprint density at radius 3 is 2.73 bits per heavy atom. The molecule has 2 fully saturated rings. The number of piperidine rings is 1. The summed E-state index contributed by atoms with van der Waals surface area (Å²) in [6.07, 6.45) is 7.50. The average molecular weight is 379 g/mol. The minimum Gasteiger partial charge on any atom is -0.467 e. The average Bonchev–Trinajstić information content (AvgIpc) is 3.27. The summed E-state index contributed by atoms with van der Waals surface area (Å²) in [6, 6.07) is 3.78. The van der Waals surface area contributed by atoms with Crippen molar-refractivity contribution in [3.63, 3.8) is 0 Å². The van der Waals surface area contributed by atoms with Crippen molar-refractivity contribution in [1.29, 1.82) is 0 Å². The minimum absolute atomic E-state index is 0.154. The van der Waals surface area contributed by atoms with E-state index in [1.54, 1.807) is 18.0 Å². The van der Waals surface area contributed by atoms with Crippen LogP contribution in [-0.2, 0) is 16.1 Å². The molecule has 2 aliphatic heterocycles. The standard InChI is InChI=1S/C20H30N2O3S/c1-3-5-7-16(4-2)19(24)21-11-9-20(10-12-21)22(18(23)15-26-20)14-17-8-6-13-25-17/h6,8,13,16H,3-5,7,9-12,14-15H2,1-2H3. The predicted molar refractivity (Wildman–Crippen MR) is 104 cm³/mol. The van der Waals surface area contributed by atoms with Crippen LogP contribution >= 0.6 is 11.8 Å². The number of unbranched alkanes of at least 4 members (excludes halogenated alkanes) is 1. The highest BCUT2D eigenvalue weighted by molar-refractivity contribution is 8.01. The molecular weight excluding hydrogens is 348 g/mol. The molecule has 0 bridgehead atoms. The van der Waals surface area contributed by atoms with Crippen molar-refractivity contribution in [3.8, 4) is 0 Å². The maximum atomic E-state index is 12.9. The van der Waals surface area contributed by atoms with E-state index in [1.807, 2.05) is 21.9 Å². The Morgan fingerprint density at radius 2 is 2.12 bits per heavy atom. The smallest absolute Gasteiger partial charge is 0.234 e. The Balaban J connectivity index is 1.62. The summed E-state index contributed by atoms with van der Waals surface area (Å²) in [5, 5.41) is 0. The van der Waals surface area contributed by atoms with Gasteiger partial charge in [0.2, 0.25) is 11.8 Å². The molecule has 0 saturated carbocycles. The molecule has 1 aromatic heterocycles. The van der Waals surface area contributed by atoms with Crippen molar-refractivity contribution in [1.82, 2.24) is 9.80 Å². The van der Waals surface area contributed by atoms with Gasteiger partial charge in [0.15, 0.2) is 0 Å². The van der Waals surface area contributed by atoms with Gasteiger partial charge in [-0.05, 0) is 37.8 Å². The zero-order valence-corrected chi connectivity index (χ0v) is 16.7. The zero-order valence-electron chi connectivity index (χ0n) is 15.9. The second kappa shape index (κ2) is 8.51. The van der Waals surface area contributed by atoms with Crippen LogP contribution in [0.4, 0.5) is 0 Å². The first-order chi connectivity index (χ1) is 12.6. The van der Waals surface area contributed by atoms with Gasteiger partial charge in [0.25, 0.3) is 0 Å². The highest BCUT2D eigenvalue weighted by Crippen LogP contribution is 2.45. The molecule has 2 aliphatic rings. The SMILES string of the molecule is CCCCC(CC)C(=O)N1CCC2(CC1)SCC(=O)N2Cc1ccco1. The van der Waals surface area contributed by atoms with Crippen LogP contribution in [0.25, 0.3) is 0 Å². The van der Waals surface area contributed by atoms with Crippen molar-refractivity contribution in [2.75, 3.05) is 18.8 Å². The van der Waals surface area contributed by atoms with Gasteiger partial charge >= 0.3 is 0 Å². The molecule has 6 heteroatoms. The van der Waals surface area contributed by atoms with E-state index < -0.39 is 0 Å². The highest BCUT2D eigenvalue weighted by atomic mass is 32.2. The molecule has 26 heavy (non-hydrogen) atoms. The number of thioether (sulfide) groups is 1. The largest absolute Gasteiger partial charge is 0.467 e. The number of hydrogen-bond acceptors (Lipinski definition) is 4. The second-order valence-electron chi connectivity index (χ2n) is 7.37. The van der Waals surface area contributed by atoms with E-state index in [0.717, 1.165) is 57.4 Å². The molecule has 0 radical (unpaired) electrons. The topological polar surface area (TPSA) is 53.8 Å². The molecule has 2 amide bonds. The Morgan fingerprint density at radius 1 is 1.35 bits per heavy atom. The van der Waals surface area contributed by atoms with Gasteiger partial charge in [0.1, 0.15) is 5.76 Å². The Labute approximate surface area is 160 Å². The zero-order chi connectivity index (χ0) is 18.6. The predicted octanol–water partition coefficient (Wildman–Crippen LogP) is 3.89. The van der Waals surface area contributed by atoms with Gasteiger partial charge in [0.05, 0.1) is 23.4 Å². The molecule has 2 saturated heterocycles. The number of carbonyl (C=O) groups is 2. The Hall–Kier alpha value is -1.43. The van der Waals surface area contributed by atoms with E-state index in [9.17, 15) is 9.59 Å². The lowest BCUT2D eigenvalue weighted by atomic mass is 9.95. The molecule has 144 valence electrons. The van der Waals surface area contributed by atoms with Crippen LogP contribution < -0.4 is 0 Å². The number of hydrogen-bond donors (Lipinski definition) is 0. The van der Waals surface area contributed by atoms with Crippen molar-refractivity contribution in [2.45, 2.75) is 63.8 Å². The number of nitrogens with zero attached hydrogens (tertiary/aromatic N) is 2.